The number of piperidine rings is 1. The number of rotatable bonds is 2. The van der Waals surface area contributed by atoms with Gasteiger partial charge >= 0.3 is 0 Å². The van der Waals surface area contributed by atoms with Gasteiger partial charge in [0.25, 0.3) is 0 Å². The highest BCUT2D eigenvalue weighted by molar-refractivity contribution is 5.90. The molecule has 1 aromatic rings. The number of carbonyl (C=O) groups is 1. The second-order valence-electron chi connectivity index (χ2n) is 6.40. The Morgan fingerprint density at radius 3 is 3.43 bits per heavy atom. The van der Waals surface area contributed by atoms with E-state index < -0.39 is 85.0 Å². The summed E-state index contributed by atoms with van der Waals surface area (Å²) >= 11 is 0. The Hall–Kier alpha value is -1.59. The van der Waals surface area contributed by atoms with Crippen molar-refractivity contribution in [1.82, 2.24) is 4.90 Å². The van der Waals surface area contributed by atoms with Crippen LogP contribution in [0, 0.1) is 0 Å². The van der Waals surface area contributed by atoms with Crippen LogP contribution in [0.25, 0.3) is 0 Å². The van der Waals surface area contributed by atoms with E-state index in [0.29, 0.717) is 4.90 Å². The molecular weight excluding hydrogens is 294 g/mol. The van der Waals surface area contributed by atoms with Crippen LogP contribution in [0.5, 0.6) is 11.5 Å². The third kappa shape index (κ3) is 1.32. The zero-order valence-electron chi connectivity index (χ0n) is 24.0. The van der Waals surface area contributed by atoms with Gasteiger partial charge in [0.1, 0.15) is 0 Å². The maximum atomic E-state index is 13.1. The summed E-state index contributed by atoms with van der Waals surface area (Å²) in [6.07, 6.45) is -5.43. The first-order chi connectivity index (χ1) is 15.9. The van der Waals surface area contributed by atoms with Gasteiger partial charge < -0.3 is 19.5 Å². The molecule has 1 spiro atoms. The molecule has 2 aliphatic heterocycles. The van der Waals surface area contributed by atoms with Crippen LogP contribution in [0.4, 0.5) is 0 Å². The standard InChI is InChI=1S/C18H21NO4/c1-19-8-7-17-14-10-3-4-12(22-2)15(14)23-16(17)11(20)5-6-18(17,21)13(19)9-10/h3-4,13,16,21H,5-9H2,1-2H3/t13-,16?,17+,18-/m1/s1/i1D3,2D3,3D,4D,9D2,13D,21D. The topological polar surface area (TPSA) is 59.0 Å². The summed E-state index contributed by atoms with van der Waals surface area (Å²) in [5, 5.41) is 5.16. The Balaban J connectivity index is 1.97. The monoisotopic (exact) mass is 327 g/mol. The van der Waals surface area contributed by atoms with Gasteiger partial charge in [-0.1, -0.05) is 6.04 Å². The molecule has 5 nitrogen and oxygen atoms in total. The average molecular weight is 327 g/mol. The molecule has 0 amide bonds. The van der Waals surface area contributed by atoms with E-state index >= 15 is 0 Å². The minimum Gasteiger partial charge on any atom is -0.493 e. The minimum absolute atomic E-state index is 0.166. The van der Waals surface area contributed by atoms with Crippen LogP contribution >= 0.6 is 0 Å². The van der Waals surface area contributed by atoms with Gasteiger partial charge in [-0.2, -0.15) is 0 Å². The molecule has 5 rings (SSSR count). The summed E-state index contributed by atoms with van der Waals surface area (Å²) in [5.74, 6) is -1.60. The normalized spacial score (nSPS) is 54.6. The van der Waals surface area contributed by atoms with E-state index in [4.69, 9.17) is 29.7 Å². The van der Waals surface area contributed by atoms with Crippen molar-refractivity contribution in [1.29, 1.82) is 1.43 Å². The van der Waals surface area contributed by atoms with Crippen molar-refractivity contribution in [2.45, 2.75) is 48.8 Å². The van der Waals surface area contributed by atoms with Gasteiger partial charge in [0, 0.05) is 24.9 Å². The Morgan fingerprint density at radius 2 is 2.61 bits per heavy atom. The van der Waals surface area contributed by atoms with Crippen LogP contribution in [0.3, 0.4) is 0 Å². The first-order valence-electron chi connectivity index (χ1n) is 13.3. The Bertz CT molecular complexity index is 1150. The molecule has 122 valence electrons. The Labute approximate surface area is 152 Å². The zero-order chi connectivity index (χ0) is 26.1. The first kappa shape index (κ1) is 6.37. The largest absolute Gasteiger partial charge is 0.493 e. The predicted octanol–water partition coefficient (Wildman–Crippen LogP) is 1.05. The van der Waals surface area contributed by atoms with Gasteiger partial charge in [-0.15, -0.1) is 0 Å². The first-order valence-corrected chi connectivity index (χ1v) is 7.41. The number of methoxy groups -OCH3 is 1. The zero-order valence-corrected chi connectivity index (χ0v) is 12.0. The van der Waals surface area contributed by atoms with E-state index in [9.17, 15) is 6.17 Å². The number of likely N-dealkylation sites (tertiary alicyclic amines) is 1. The third-order valence-corrected chi connectivity index (χ3v) is 5.58. The quantitative estimate of drug-likeness (QED) is 0.880. The summed E-state index contributed by atoms with van der Waals surface area (Å²) in [6, 6.07) is -4.50. The number of hydrogen-bond donors (Lipinski definition) is 1. The number of likely N-dealkylation sites (N-methyl/N-ethyl adjacent to an activating group) is 1. The van der Waals surface area contributed by atoms with Gasteiger partial charge in [-0.25, -0.2) is 0 Å². The third-order valence-electron chi connectivity index (χ3n) is 5.58. The smallest absolute Gasteiger partial charge is 0.211 e. The number of nitrogens with zero attached hydrogens (tertiary/aromatic N) is 1. The van der Waals surface area contributed by atoms with Gasteiger partial charge in [0.05, 0.1) is 26.3 Å². The number of benzene rings is 1. The van der Waals surface area contributed by atoms with Crippen molar-refractivity contribution in [2.75, 3.05) is 20.6 Å². The molecule has 2 bridgehead atoms. The highest BCUT2D eigenvalue weighted by Crippen LogP contribution is 2.64. The molecule has 2 heterocycles. The molecule has 1 N–H and O–H groups in total. The number of ether oxygens (including phenoxy) is 2. The van der Waals surface area contributed by atoms with Gasteiger partial charge in [-0.05, 0) is 44.3 Å². The highest BCUT2D eigenvalue weighted by atomic mass is 16.5. The van der Waals surface area contributed by atoms with Crippen molar-refractivity contribution >= 4 is 5.78 Å². The van der Waals surface area contributed by atoms with Crippen molar-refractivity contribution in [2.24, 2.45) is 0 Å². The van der Waals surface area contributed by atoms with Crippen molar-refractivity contribution < 1.29 is 34.5 Å². The van der Waals surface area contributed by atoms with E-state index in [0.717, 1.165) is 0 Å². The molecule has 1 unspecified atom stereocenters. The van der Waals surface area contributed by atoms with E-state index in [-0.39, 0.29) is 24.8 Å². The molecule has 4 aliphatic rings. The molecule has 0 aromatic heterocycles. The molecule has 0 radical (unpaired) electrons. The fourth-order valence-electron chi connectivity index (χ4n) is 4.62. The van der Waals surface area contributed by atoms with Gasteiger partial charge in [0.2, 0.25) is 1.43 Å². The summed E-state index contributed by atoms with van der Waals surface area (Å²) in [6.45, 7) is -3.41. The van der Waals surface area contributed by atoms with E-state index in [1.807, 2.05) is 0 Å². The van der Waals surface area contributed by atoms with Crippen LogP contribution in [-0.4, -0.2) is 55.5 Å². The SMILES string of the molecule is [2H]O[C@@]12CCC(=O)C3Oc4c(OC([2H])([2H])[2H])c([2H])c([2H])c5c4[C@@]31CCN(C([2H])([2H])[2H])[C@]2([2H])C5([2H])[2H]. The number of carbonyl (C=O) groups excluding carboxylic acids is 1. The molecule has 5 heteroatoms. The summed E-state index contributed by atoms with van der Waals surface area (Å²) in [7, 11) is -3.08. The Morgan fingerprint density at radius 1 is 1.65 bits per heavy atom. The average Bonchev–Trinajstić information content (AvgIpc) is 3.05. The maximum Gasteiger partial charge on any atom is 0.211 e. The second-order valence-corrected chi connectivity index (χ2v) is 6.40. The van der Waals surface area contributed by atoms with Crippen molar-refractivity contribution in [3.8, 4) is 11.5 Å². The van der Waals surface area contributed by atoms with E-state index in [2.05, 4.69) is 0 Å². The minimum atomic E-state index is -3.08. The molecule has 4 atom stereocenters. The molecule has 2 fully saturated rings. The van der Waals surface area contributed by atoms with Crippen molar-refractivity contribution in [3.63, 3.8) is 0 Å². The lowest BCUT2D eigenvalue weighted by molar-refractivity contribution is -0.185. The molecule has 2 aliphatic carbocycles. The van der Waals surface area contributed by atoms with Crippen LogP contribution < -0.4 is 9.47 Å². The molecule has 23 heavy (non-hydrogen) atoms. The second kappa shape index (κ2) is 4.08. The number of hydrogen-bond acceptors (Lipinski definition) is 5. The molecule has 1 aromatic carbocycles. The highest BCUT2D eigenvalue weighted by Gasteiger charge is 2.72. The van der Waals surface area contributed by atoms with Gasteiger partial charge in [-0.3, -0.25) is 4.79 Å². The predicted molar refractivity (Wildman–Crippen MR) is 83.0 cm³/mol. The number of ketones is 1. The maximum absolute atomic E-state index is 13.1. The van der Waals surface area contributed by atoms with Crippen LogP contribution in [-0.2, 0) is 16.6 Å². The fourth-order valence-corrected chi connectivity index (χ4v) is 4.62. The van der Waals surface area contributed by atoms with E-state index in [1.165, 1.54) is 0 Å². The fraction of sp³-hybridized carbons (Fsp3) is 0.611. The lowest BCUT2D eigenvalue weighted by Gasteiger charge is -2.62. The van der Waals surface area contributed by atoms with Crippen LogP contribution in [0.2, 0.25) is 0 Å². The molecule has 1 saturated heterocycles. The van der Waals surface area contributed by atoms with Crippen molar-refractivity contribution in [3.05, 3.63) is 23.2 Å². The lowest BCUT2D eigenvalue weighted by atomic mass is 9.49. The summed E-state index contributed by atoms with van der Waals surface area (Å²) < 4.78 is 110. The molecule has 1 saturated carbocycles. The molecular formula is C18H21NO4. The van der Waals surface area contributed by atoms with E-state index in [1.54, 1.807) is 0 Å². The van der Waals surface area contributed by atoms with Crippen LogP contribution in [0.1, 0.15) is 45.5 Å². The number of Topliss-reactive ketones (excluding diaryl/α,β-unsaturated/α-hetero) is 1. The Kier molecular flexibility index (Phi) is 1.13. The summed E-state index contributed by atoms with van der Waals surface area (Å²) in [5.41, 5.74) is -4.76. The van der Waals surface area contributed by atoms with Gasteiger partial charge in [0.15, 0.2) is 23.4 Å². The summed E-state index contributed by atoms with van der Waals surface area (Å²) in [4.78, 5) is 13.7. The number of aliphatic hydroxyl groups is 1. The lowest BCUT2D eigenvalue weighted by Crippen LogP contribution is -2.76. The van der Waals surface area contributed by atoms with Crippen LogP contribution in [0.15, 0.2) is 12.1 Å².